The molecule has 1 unspecified atom stereocenters. The molecule has 0 fully saturated rings. The molecule has 5 heteroatoms. The van der Waals surface area contributed by atoms with Crippen molar-refractivity contribution in [3.8, 4) is 0 Å². The van der Waals surface area contributed by atoms with Gasteiger partial charge < -0.3 is 0 Å². The topological polar surface area (TPSA) is 0 Å². The second kappa shape index (κ2) is 5.27. The first kappa shape index (κ1) is 13.3. The molecular formula is C12H8BrCl2FS. The molecule has 1 atom stereocenters. The molecule has 0 saturated carbocycles. The Morgan fingerprint density at radius 2 is 2.06 bits per heavy atom. The summed E-state index contributed by atoms with van der Waals surface area (Å²) >= 11 is 17.1. The second-order valence-electron chi connectivity index (χ2n) is 3.60. The highest BCUT2D eigenvalue weighted by atomic mass is 79.9. The lowest BCUT2D eigenvalue weighted by atomic mass is 10.1. The molecule has 0 amide bonds. The molecule has 0 aliphatic rings. The van der Waals surface area contributed by atoms with Gasteiger partial charge in [-0.15, -0.1) is 22.9 Å². The van der Waals surface area contributed by atoms with Crippen LogP contribution in [0.5, 0.6) is 0 Å². The second-order valence-corrected chi connectivity index (χ2v) is 6.61. The molecule has 1 heterocycles. The molecule has 0 aliphatic carbocycles. The number of aryl methyl sites for hydroxylation is 1. The van der Waals surface area contributed by atoms with Gasteiger partial charge >= 0.3 is 0 Å². The fourth-order valence-corrected chi connectivity index (χ4v) is 4.13. The van der Waals surface area contributed by atoms with Gasteiger partial charge in [-0.25, -0.2) is 4.39 Å². The van der Waals surface area contributed by atoms with Crippen molar-refractivity contribution in [2.75, 3.05) is 0 Å². The minimum absolute atomic E-state index is 0.340. The summed E-state index contributed by atoms with van der Waals surface area (Å²) in [7, 11) is 0. The molecule has 1 aromatic carbocycles. The molecule has 0 N–H and O–H groups in total. The van der Waals surface area contributed by atoms with Crippen LogP contribution in [0.15, 0.2) is 28.7 Å². The maximum Gasteiger partial charge on any atom is 0.128 e. The molecule has 0 bridgehead atoms. The third-order valence-corrected chi connectivity index (χ3v) is 5.15. The van der Waals surface area contributed by atoms with Gasteiger partial charge in [0.05, 0.1) is 5.38 Å². The van der Waals surface area contributed by atoms with Gasteiger partial charge in [-0.3, -0.25) is 0 Å². The predicted octanol–water partition coefficient (Wildman–Crippen LogP) is 5.94. The lowest BCUT2D eigenvalue weighted by Crippen LogP contribution is -1.95. The van der Waals surface area contributed by atoms with Crippen LogP contribution >= 0.6 is 50.5 Å². The van der Waals surface area contributed by atoms with Crippen LogP contribution in [0.2, 0.25) is 5.02 Å². The maximum atomic E-state index is 13.7. The van der Waals surface area contributed by atoms with Gasteiger partial charge in [-0.05, 0) is 47.1 Å². The first-order chi connectivity index (χ1) is 7.99. The van der Waals surface area contributed by atoms with Crippen molar-refractivity contribution in [1.29, 1.82) is 0 Å². The van der Waals surface area contributed by atoms with Gasteiger partial charge in [-0.2, -0.15) is 0 Å². The van der Waals surface area contributed by atoms with E-state index in [4.69, 9.17) is 23.2 Å². The Kier molecular flexibility index (Phi) is 4.14. The van der Waals surface area contributed by atoms with Crippen LogP contribution < -0.4 is 0 Å². The van der Waals surface area contributed by atoms with Gasteiger partial charge in [-0.1, -0.05) is 11.6 Å². The van der Waals surface area contributed by atoms with E-state index in [9.17, 15) is 4.39 Å². The third kappa shape index (κ3) is 2.84. The lowest BCUT2D eigenvalue weighted by molar-refractivity contribution is 0.613. The highest BCUT2D eigenvalue weighted by Crippen LogP contribution is 2.40. The summed E-state index contributed by atoms with van der Waals surface area (Å²) in [6.07, 6.45) is 0. The molecule has 2 rings (SSSR count). The number of rotatable bonds is 2. The van der Waals surface area contributed by atoms with Crippen LogP contribution in [0.3, 0.4) is 0 Å². The predicted molar refractivity (Wildman–Crippen MR) is 75.9 cm³/mol. The Morgan fingerprint density at radius 3 is 2.65 bits per heavy atom. The Labute approximate surface area is 121 Å². The standard InChI is InChI=1S/C12H8BrCl2FS/c1-6-4-9(13)12(17-6)11(15)8-5-7(14)2-3-10(8)16/h2-5,11H,1H3. The smallest absolute Gasteiger partial charge is 0.128 e. The van der Waals surface area contributed by atoms with E-state index < -0.39 is 5.38 Å². The molecule has 0 spiro atoms. The van der Waals surface area contributed by atoms with Crippen molar-refractivity contribution < 1.29 is 4.39 Å². The molecule has 0 radical (unpaired) electrons. The quantitative estimate of drug-likeness (QED) is 0.586. The Hall–Kier alpha value is -0.0900. The van der Waals surface area contributed by atoms with E-state index >= 15 is 0 Å². The number of benzene rings is 1. The van der Waals surface area contributed by atoms with Crippen LogP contribution in [-0.4, -0.2) is 0 Å². The van der Waals surface area contributed by atoms with Crippen LogP contribution in [0, 0.1) is 12.7 Å². The number of halogens is 4. The highest BCUT2D eigenvalue weighted by Gasteiger charge is 2.20. The first-order valence-electron chi connectivity index (χ1n) is 4.84. The molecule has 0 nitrogen and oxygen atoms in total. The lowest BCUT2D eigenvalue weighted by Gasteiger charge is -2.10. The Bertz CT molecular complexity index is 553. The summed E-state index contributed by atoms with van der Waals surface area (Å²) in [5.41, 5.74) is 0.404. The van der Waals surface area contributed by atoms with E-state index in [1.807, 2.05) is 13.0 Å². The van der Waals surface area contributed by atoms with E-state index in [2.05, 4.69) is 15.9 Å². The number of thiophene rings is 1. The zero-order valence-electron chi connectivity index (χ0n) is 8.81. The van der Waals surface area contributed by atoms with Gasteiger partial charge in [0.15, 0.2) is 0 Å². The summed E-state index contributed by atoms with van der Waals surface area (Å²) in [6, 6.07) is 6.38. The zero-order chi connectivity index (χ0) is 12.6. The number of alkyl halides is 1. The SMILES string of the molecule is Cc1cc(Br)c(C(Cl)c2cc(Cl)ccc2F)s1. The van der Waals surface area contributed by atoms with E-state index in [0.29, 0.717) is 10.6 Å². The molecule has 90 valence electrons. The summed E-state index contributed by atoms with van der Waals surface area (Å²) in [5.74, 6) is -0.340. The summed E-state index contributed by atoms with van der Waals surface area (Å²) < 4.78 is 14.6. The van der Waals surface area contributed by atoms with Gasteiger partial charge in [0.25, 0.3) is 0 Å². The summed E-state index contributed by atoms with van der Waals surface area (Å²) in [5, 5.41) is -0.0433. The van der Waals surface area contributed by atoms with Crippen LogP contribution in [0.1, 0.15) is 20.7 Å². The van der Waals surface area contributed by atoms with Gasteiger partial charge in [0.1, 0.15) is 5.82 Å². The molecule has 0 aliphatic heterocycles. The molecule has 0 saturated heterocycles. The zero-order valence-corrected chi connectivity index (χ0v) is 12.7. The average Bonchev–Trinajstić information content (AvgIpc) is 2.60. The summed E-state index contributed by atoms with van der Waals surface area (Å²) in [6.45, 7) is 1.98. The van der Waals surface area contributed by atoms with Crippen LogP contribution in [-0.2, 0) is 0 Å². The Morgan fingerprint density at radius 1 is 1.35 bits per heavy atom. The fourth-order valence-electron chi connectivity index (χ4n) is 1.52. The van der Waals surface area contributed by atoms with Gasteiger partial charge in [0, 0.05) is 24.8 Å². The van der Waals surface area contributed by atoms with Crippen molar-refractivity contribution in [2.24, 2.45) is 0 Å². The minimum atomic E-state index is -0.526. The summed E-state index contributed by atoms with van der Waals surface area (Å²) in [4.78, 5) is 2.02. The van der Waals surface area contributed by atoms with Crippen molar-refractivity contribution in [2.45, 2.75) is 12.3 Å². The van der Waals surface area contributed by atoms with Crippen molar-refractivity contribution in [3.63, 3.8) is 0 Å². The van der Waals surface area contributed by atoms with Gasteiger partial charge in [0.2, 0.25) is 0 Å². The number of hydrogen-bond acceptors (Lipinski definition) is 1. The van der Waals surface area contributed by atoms with E-state index in [1.165, 1.54) is 12.1 Å². The Balaban J connectivity index is 2.46. The number of hydrogen-bond donors (Lipinski definition) is 0. The van der Waals surface area contributed by atoms with Crippen molar-refractivity contribution in [1.82, 2.24) is 0 Å². The largest absolute Gasteiger partial charge is 0.207 e. The fraction of sp³-hybridized carbons (Fsp3) is 0.167. The maximum absolute atomic E-state index is 13.7. The average molecular weight is 354 g/mol. The third-order valence-electron chi connectivity index (χ3n) is 2.30. The van der Waals surface area contributed by atoms with Crippen molar-refractivity contribution >= 4 is 50.5 Å². The van der Waals surface area contributed by atoms with Crippen LogP contribution in [0.25, 0.3) is 0 Å². The molecule has 17 heavy (non-hydrogen) atoms. The molecular weight excluding hydrogens is 346 g/mol. The minimum Gasteiger partial charge on any atom is -0.207 e. The van der Waals surface area contributed by atoms with E-state index in [-0.39, 0.29) is 5.82 Å². The first-order valence-corrected chi connectivity index (χ1v) is 7.26. The van der Waals surface area contributed by atoms with E-state index in [1.54, 1.807) is 17.4 Å². The highest BCUT2D eigenvalue weighted by molar-refractivity contribution is 9.10. The molecule has 1 aromatic heterocycles. The monoisotopic (exact) mass is 352 g/mol. The van der Waals surface area contributed by atoms with E-state index in [0.717, 1.165) is 14.2 Å². The normalized spacial score (nSPS) is 12.8. The van der Waals surface area contributed by atoms with Crippen molar-refractivity contribution in [3.05, 3.63) is 54.9 Å². The molecule has 2 aromatic rings. The van der Waals surface area contributed by atoms with Crippen LogP contribution in [0.4, 0.5) is 4.39 Å².